The SMILES string of the molecule is CS(=O)(=O)C(=O)c1nccc(N)n1. The molecule has 0 spiro atoms. The summed E-state index contributed by atoms with van der Waals surface area (Å²) >= 11 is 0. The second-order valence-corrected chi connectivity index (χ2v) is 4.28. The highest BCUT2D eigenvalue weighted by atomic mass is 32.2. The van der Waals surface area contributed by atoms with Gasteiger partial charge in [0.2, 0.25) is 15.7 Å². The van der Waals surface area contributed by atoms with Gasteiger partial charge in [0.15, 0.2) is 0 Å². The molecular weight excluding hydrogens is 194 g/mol. The van der Waals surface area contributed by atoms with Crippen LogP contribution in [-0.4, -0.2) is 29.8 Å². The smallest absolute Gasteiger partial charge is 0.313 e. The second-order valence-electron chi connectivity index (χ2n) is 2.36. The first kappa shape index (κ1) is 9.59. The molecule has 1 heterocycles. The van der Waals surface area contributed by atoms with Crippen molar-refractivity contribution in [3.8, 4) is 0 Å². The topological polar surface area (TPSA) is 103 Å². The third-order valence-corrected chi connectivity index (χ3v) is 2.05. The number of nitrogens with two attached hydrogens (primary N) is 1. The number of hydrogen-bond acceptors (Lipinski definition) is 6. The first-order valence-electron chi connectivity index (χ1n) is 3.24. The Labute approximate surface area is 74.7 Å². The summed E-state index contributed by atoms with van der Waals surface area (Å²) in [7, 11) is -3.79. The zero-order chi connectivity index (χ0) is 10.1. The Morgan fingerprint density at radius 2 is 2.15 bits per heavy atom. The molecule has 0 saturated carbocycles. The molecule has 0 aliphatic carbocycles. The molecule has 0 aliphatic rings. The van der Waals surface area contributed by atoms with Crippen molar-refractivity contribution < 1.29 is 13.2 Å². The summed E-state index contributed by atoms with van der Waals surface area (Å²) in [5, 5.41) is -1.13. The van der Waals surface area contributed by atoms with Gasteiger partial charge >= 0.3 is 5.12 Å². The molecule has 0 bridgehead atoms. The van der Waals surface area contributed by atoms with Gasteiger partial charge in [-0.15, -0.1) is 0 Å². The predicted octanol–water partition coefficient (Wildman–Crippen LogP) is -0.756. The molecule has 1 aromatic rings. The Balaban J connectivity index is 3.18. The number of carbonyl (C=O) groups excluding carboxylic acids is 1. The zero-order valence-electron chi connectivity index (χ0n) is 6.76. The minimum absolute atomic E-state index is 0.0574. The van der Waals surface area contributed by atoms with E-state index in [0.717, 1.165) is 6.26 Å². The maximum absolute atomic E-state index is 11.0. The van der Waals surface area contributed by atoms with E-state index in [1.807, 2.05) is 0 Å². The van der Waals surface area contributed by atoms with Gasteiger partial charge in [0, 0.05) is 12.5 Å². The summed E-state index contributed by atoms with van der Waals surface area (Å²) in [5.41, 5.74) is 5.24. The van der Waals surface area contributed by atoms with Crippen molar-refractivity contribution >= 4 is 20.8 Å². The highest BCUT2D eigenvalue weighted by Gasteiger charge is 2.20. The van der Waals surface area contributed by atoms with Crippen molar-refractivity contribution in [1.82, 2.24) is 9.97 Å². The Morgan fingerprint density at radius 1 is 1.54 bits per heavy atom. The fourth-order valence-corrected chi connectivity index (χ4v) is 1.07. The van der Waals surface area contributed by atoms with E-state index in [1.165, 1.54) is 12.3 Å². The molecule has 7 heteroatoms. The van der Waals surface area contributed by atoms with Crippen LogP contribution >= 0.6 is 0 Å². The summed E-state index contributed by atoms with van der Waals surface area (Å²) < 4.78 is 21.5. The van der Waals surface area contributed by atoms with Gasteiger partial charge in [-0.25, -0.2) is 18.4 Å². The van der Waals surface area contributed by atoms with Crippen molar-refractivity contribution in [1.29, 1.82) is 0 Å². The molecule has 0 fully saturated rings. The van der Waals surface area contributed by atoms with Crippen LogP contribution in [0.5, 0.6) is 0 Å². The van der Waals surface area contributed by atoms with Gasteiger partial charge in [0.25, 0.3) is 0 Å². The van der Waals surface area contributed by atoms with Crippen LogP contribution in [0.4, 0.5) is 5.82 Å². The Bertz CT molecular complexity index is 440. The number of hydrogen-bond donors (Lipinski definition) is 1. The molecule has 1 aromatic heterocycles. The molecule has 0 unspecified atom stereocenters. The van der Waals surface area contributed by atoms with E-state index in [9.17, 15) is 13.2 Å². The Kier molecular flexibility index (Phi) is 2.28. The lowest BCUT2D eigenvalue weighted by Gasteiger charge is -1.96. The normalized spacial score (nSPS) is 11.2. The standard InChI is InChI=1S/C6H7N3O3S/c1-13(11,12)6(10)5-8-3-2-4(7)9-5/h2-3H,1H3,(H2,7,8,9). The van der Waals surface area contributed by atoms with Gasteiger partial charge in [0.1, 0.15) is 5.82 Å². The number of nitrogen functional groups attached to an aromatic ring is 1. The number of carbonyl (C=O) groups is 1. The first-order chi connectivity index (χ1) is 5.91. The third kappa shape index (κ3) is 2.22. The molecule has 2 N–H and O–H groups in total. The highest BCUT2D eigenvalue weighted by Crippen LogP contribution is 2.00. The molecule has 0 aliphatic heterocycles. The Morgan fingerprint density at radius 3 is 2.62 bits per heavy atom. The molecule has 70 valence electrons. The maximum atomic E-state index is 11.0. The average molecular weight is 201 g/mol. The van der Waals surface area contributed by atoms with Gasteiger partial charge in [-0.2, -0.15) is 0 Å². The van der Waals surface area contributed by atoms with Crippen LogP contribution in [0.25, 0.3) is 0 Å². The van der Waals surface area contributed by atoms with Gasteiger partial charge in [0.05, 0.1) is 0 Å². The van der Waals surface area contributed by atoms with Crippen molar-refractivity contribution in [2.24, 2.45) is 0 Å². The molecule has 0 aromatic carbocycles. The van der Waals surface area contributed by atoms with Crippen LogP contribution in [0.3, 0.4) is 0 Å². The van der Waals surface area contributed by atoms with E-state index in [4.69, 9.17) is 5.73 Å². The lowest BCUT2D eigenvalue weighted by Crippen LogP contribution is -2.16. The van der Waals surface area contributed by atoms with Crippen LogP contribution < -0.4 is 5.73 Å². The fourth-order valence-electron chi connectivity index (χ4n) is 0.637. The van der Waals surface area contributed by atoms with E-state index < -0.39 is 20.8 Å². The van der Waals surface area contributed by atoms with E-state index in [2.05, 4.69) is 9.97 Å². The molecule has 0 radical (unpaired) electrons. The van der Waals surface area contributed by atoms with Crippen molar-refractivity contribution in [2.45, 2.75) is 0 Å². The van der Waals surface area contributed by atoms with Crippen molar-refractivity contribution in [2.75, 3.05) is 12.0 Å². The quantitative estimate of drug-likeness (QED) is 0.640. The third-order valence-electron chi connectivity index (χ3n) is 1.20. The average Bonchev–Trinajstić information content (AvgIpc) is 2.01. The van der Waals surface area contributed by atoms with Gasteiger partial charge in [-0.05, 0) is 6.07 Å². The lowest BCUT2D eigenvalue weighted by molar-refractivity contribution is 0.106. The lowest BCUT2D eigenvalue weighted by atomic mass is 10.5. The van der Waals surface area contributed by atoms with Gasteiger partial charge in [-0.1, -0.05) is 0 Å². The number of nitrogens with zero attached hydrogens (tertiary/aromatic N) is 2. The van der Waals surface area contributed by atoms with E-state index in [1.54, 1.807) is 0 Å². The molecule has 0 amide bonds. The monoisotopic (exact) mass is 201 g/mol. The summed E-state index contributed by atoms with van der Waals surface area (Å²) in [6.45, 7) is 0. The molecule has 6 nitrogen and oxygen atoms in total. The van der Waals surface area contributed by atoms with Crippen LogP contribution in [0, 0.1) is 0 Å². The van der Waals surface area contributed by atoms with Crippen LogP contribution in [-0.2, 0) is 9.84 Å². The number of aromatic nitrogens is 2. The summed E-state index contributed by atoms with van der Waals surface area (Å²) in [5.74, 6) is -0.343. The minimum Gasteiger partial charge on any atom is -0.384 e. The zero-order valence-corrected chi connectivity index (χ0v) is 7.58. The van der Waals surface area contributed by atoms with E-state index in [0.29, 0.717) is 0 Å². The van der Waals surface area contributed by atoms with Gasteiger partial charge in [-0.3, -0.25) is 4.79 Å². The number of sulfone groups is 1. The summed E-state index contributed by atoms with van der Waals surface area (Å²) in [6, 6.07) is 1.36. The number of anilines is 1. The highest BCUT2D eigenvalue weighted by molar-refractivity contribution is 8.06. The van der Waals surface area contributed by atoms with Crippen molar-refractivity contribution in [3.05, 3.63) is 18.1 Å². The molecular formula is C6H7N3O3S. The van der Waals surface area contributed by atoms with Crippen LogP contribution in [0.1, 0.15) is 10.6 Å². The molecule has 0 saturated heterocycles. The molecule has 1 rings (SSSR count). The summed E-state index contributed by atoms with van der Waals surface area (Å²) in [6.07, 6.45) is 2.02. The summed E-state index contributed by atoms with van der Waals surface area (Å²) in [4.78, 5) is 18.0. The van der Waals surface area contributed by atoms with E-state index in [-0.39, 0.29) is 5.82 Å². The second kappa shape index (κ2) is 3.09. The van der Waals surface area contributed by atoms with E-state index >= 15 is 0 Å². The Hall–Kier alpha value is -1.50. The van der Waals surface area contributed by atoms with Gasteiger partial charge < -0.3 is 5.73 Å². The number of rotatable bonds is 1. The molecule has 13 heavy (non-hydrogen) atoms. The minimum atomic E-state index is -3.79. The van der Waals surface area contributed by atoms with Crippen molar-refractivity contribution in [3.63, 3.8) is 0 Å². The molecule has 0 atom stereocenters. The van der Waals surface area contributed by atoms with Crippen LogP contribution in [0.15, 0.2) is 12.3 Å². The predicted molar refractivity (Wildman–Crippen MR) is 45.6 cm³/mol. The maximum Gasteiger partial charge on any atom is 0.313 e. The largest absolute Gasteiger partial charge is 0.384 e. The van der Waals surface area contributed by atoms with Crippen LogP contribution in [0.2, 0.25) is 0 Å². The first-order valence-corrected chi connectivity index (χ1v) is 5.13. The fraction of sp³-hybridized carbons (Fsp3) is 0.167.